The van der Waals surface area contributed by atoms with E-state index in [1.807, 2.05) is 37.3 Å². The van der Waals surface area contributed by atoms with Crippen LogP contribution in [0.3, 0.4) is 0 Å². The maximum Gasteiger partial charge on any atom is 0.291 e. The Hall–Kier alpha value is -3.74. The number of nitrogens with one attached hydrogen (secondary N) is 1. The van der Waals surface area contributed by atoms with Crippen LogP contribution in [-0.4, -0.2) is 21.5 Å². The number of hydrogen-bond acceptors (Lipinski definition) is 5. The van der Waals surface area contributed by atoms with E-state index in [9.17, 15) is 14.4 Å². The van der Waals surface area contributed by atoms with Gasteiger partial charge in [-0.25, -0.2) is 4.68 Å². The Labute approximate surface area is 168 Å². The van der Waals surface area contributed by atoms with Crippen molar-refractivity contribution >= 4 is 23.1 Å². The fraction of sp³-hybridized carbons (Fsp3) is 0.182. The molecule has 0 aliphatic carbocycles. The number of hydrogen-bond donors (Lipinski definition) is 2. The third-order valence-corrected chi connectivity index (χ3v) is 4.64. The number of rotatable bonds is 6. The lowest BCUT2D eigenvalue weighted by molar-refractivity contribution is 0.0996. The van der Waals surface area contributed by atoms with Gasteiger partial charge >= 0.3 is 0 Å². The molecule has 2 aromatic carbocycles. The van der Waals surface area contributed by atoms with Gasteiger partial charge in [0.2, 0.25) is 5.91 Å². The number of ketones is 1. The van der Waals surface area contributed by atoms with E-state index in [0.29, 0.717) is 23.5 Å². The normalized spacial score (nSPS) is 10.6. The highest BCUT2D eigenvalue weighted by molar-refractivity contribution is 6.05. The predicted molar refractivity (Wildman–Crippen MR) is 113 cm³/mol. The molecule has 0 aliphatic rings. The van der Waals surface area contributed by atoms with E-state index in [4.69, 9.17) is 5.73 Å². The summed E-state index contributed by atoms with van der Waals surface area (Å²) in [5.74, 6) is -0.867. The van der Waals surface area contributed by atoms with Crippen molar-refractivity contribution in [2.24, 2.45) is 5.73 Å². The van der Waals surface area contributed by atoms with Crippen LogP contribution in [0.15, 0.2) is 53.3 Å². The molecule has 0 saturated carbocycles. The molecule has 148 valence electrons. The summed E-state index contributed by atoms with van der Waals surface area (Å²) in [7, 11) is 0. The Morgan fingerprint density at radius 2 is 1.83 bits per heavy atom. The van der Waals surface area contributed by atoms with E-state index >= 15 is 0 Å². The van der Waals surface area contributed by atoms with Gasteiger partial charge in [-0.15, -0.1) is 0 Å². The Kier molecular flexibility index (Phi) is 5.59. The average molecular weight is 390 g/mol. The summed E-state index contributed by atoms with van der Waals surface area (Å²) in [4.78, 5) is 37.2. The van der Waals surface area contributed by atoms with Crippen molar-refractivity contribution in [1.29, 1.82) is 0 Å². The van der Waals surface area contributed by atoms with Crippen molar-refractivity contribution in [3.8, 4) is 11.3 Å². The summed E-state index contributed by atoms with van der Waals surface area (Å²) >= 11 is 0. The van der Waals surface area contributed by atoms with E-state index in [1.165, 1.54) is 11.6 Å². The van der Waals surface area contributed by atoms with Crippen LogP contribution in [0.2, 0.25) is 0 Å². The zero-order valence-corrected chi connectivity index (χ0v) is 16.5. The van der Waals surface area contributed by atoms with Crippen LogP contribution in [0.4, 0.5) is 11.4 Å². The van der Waals surface area contributed by atoms with E-state index in [2.05, 4.69) is 10.4 Å². The second-order valence-corrected chi connectivity index (χ2v) is 6.66. The van der Waals surface area contributed by atoms with Gasteiger partial charge in [0.05, 0.1) is 5.56 Å². The van der Waals surface area contributed by atoms with Crippen molar-refractivity contribution in [3.05, 3.63) is 75.6 Å². The van der Waals surface area contributed by atoms with E-state index in [-0.39, 0.29) is 17.0 Å². The number of carbonyl (C=O) groups is 2. The summed E-state index contributed by atoms with van der Waals surface area (Å²) in [5, 5.41) is 7.49. The fourth-order valence-electron chi connectivity index (χ4n) is 3.09. The van der Waals surface area contributed by atoms with Gasteiger partial charge in [0.1, 0.15) is 11.4 Å². The van der Waals surface area contributed by atoms with E-state index in [0.717, 1.165) is 11.1 Å². The molecule has 3 aromatic rings. The Bertz CT molecular complexity index is 1150. The van der Waals surface area contributed by atoms with Crippen LogP contribution in [0.1, 0.15) is 40.1 Å². The molecule has 1 amide bonds. The van der Waals surface area contributed by atoms with Gasteiger partial charge in [0.25, 0.3) is 5.56 Å². The SMILES string of the molecule is CCn1nc(-c2ccccc2)c(C(C)=O)c(Nc2cc(C(N)=O)ccc2C)c1=O. The van der Waals surface area contributed by atoms with Gasteiger partial charge in [-0.2, -0.15) is 5.10 Å². The zero-order chi connectivity index (χ0) is 21.1. The van der Waals surface area contributed by atoms with E-state index in [1.54, 1.807) is 25.1 Å². The first-order valence-corrected chi connectivity index (χ1v) is 9.22. The molecule has 0 aliphatic heterocycles. The molecule has 29 heavy (non-hydrogen) atoms. The van der Waals surface area contributed by atoms with Crippen molar-refractivity contribution in [3.63, 3.8) is 0 Å². The summed E-state index contributed by atoms with van der Waals surface area (Å²) in [6, 6.07) is 14.1. The standard InChI is InChI=1S/C22H22N4O3/c1-4-26-22(29)20(24-17-12-16(21(23)28)11-10-13(17)2)18(14(3)27)19(25-26)15-8-6-5-7-9-15/h5-12,24H,4H2,1-3H3,(H2,23,28). The van der Waals surface area contributed by atoms with Crippen LogP contribution >= 0.6 is 0 Å². The first kappa shape index (κ1) is 20.0. The molecule has 0 saturated heterocycles. The monoisotopic (exact) mass is 390 g/mol. The highest BCUT2D eigenvalue weighted by Crippen LogP contribution is 2.29. The number of benzene rings is 2. The number of aryl methyl sites for hydroxylation is 2. The fourth-order valence-corrected chi connectivity index (χ4v) is 3.09. The first-order chi connectivity index (χ1) is 13.8. The summed E-state index contributed by atoms with van der Waals surface area (Å²) in [6.07, 6.45) is 0. The lowest BCUT2D eigenvalue weighted by Crippen LogP contribution is -2.28. The van der Waals surface area contributed by atoms with Gasteiger partial charge in [-0.3, -0.25) is 14.4 Å². The molecule has 0 bridgehead atoms. The Morgan fingerprint density at radius 3 is 2.41 bits per heavy atom. The molecule has 0 radical (unpaired) electrons. The maximum absolute atomic E-state index is 13.0. The van der Waals surface area contributed by atoms with Gasteiger partial charge in [0.15, 0.2) is 5.78 Å². The van der Waals surface area contributed by atoms with Crippen molar-refractivity contribution in [2.75, 3.05) is 5.32 Å². The average Bonchev–Trinajstić information content (AvgIpc) is 2.70. The van der Waals surface area contributed by atoms with Gasteiger partial charge < -0.3 is 11.1 Å². The van der Waals surface area contributed by atoms with Crippen molar-refractivity contribution in [2.45, 2.75) is 27.3 Å². The minimum Gasteiger partial charge on any atom is -0.366 e. The molecule has 1 heterocycles. The Balaban J connectivity index is 2.28. The third kappa shape index (κ3) is 3.94. The molecule has 7 heteroatoms. The quantitative estimate of drug-likeness (QED) is 0.628. The number of amides is 1. The molecule has 3 rings (SSSR count). The molecular weight excluding hydrogens is 368 g/mol. The highest BCUT2D eigenvalue weighted by Gasteiger charge is 2.22. The topological polar surface area (TPSA) is 107 Å². The maximum atomic E-state index is 13.0. The first-order valence-electron chi connectivity index (χ1n) is 9.22. The molecular formula is C22H22N4O3. The van der Waals surface area contributed by atoms with E-state index < -0.39 is 11.5 Å². The van der Waals surface area contributed by atoms with Gasteiger partial charge in [-0.1, -0.05) is 36.4 Å². The minimum absolute atomic E-state index is 0.123. The van der Waals surface area contributed by atoms with Gasteiger partial charge in [0, 0.05) is 23.4 Å². The minimum atomic E-state index is -0.578. The number of aromatic nitrogens is 2. The van der Waals surface area contributed by atoms with Gasteiger partial charge in [-0.05, 0) is 38.5 Å². The van der Waals surface area contributed by atoms with Crippen molar-refractivity contribution in [1.82, 2.24) is 9.78 Å². The van der Waals surface area contributed by atoms with Crippen molar-refractivity contribution < 1.29 is 9.59 Å². The van der Waals surface area contributed by atoms with Crippen LogP contribution in [-0.2, 0) is 6.54 Å². The molecule has 3 N–H and O–H groups in total. The molecule has 0 spiro atoms. The highest BCUT2D eigenvalue weighted by atomic mass is 16.1. The zero-order valence-electron chi connectivity index (χ0n) is 16.5. The number of anilines is 2. The summed E-state index contributed by atoms with van der Waals surface area (Å²) < 4.78 is 1.31. The second-order valence-electron chi connectivity index (χ2n) is 6.66. The summed E-state index contributed by atoms with van der Waals surface area (Å²) in [5.41, 5.74) is 8.06. The molecule has 0 atom stereocenters. The number of carbonyl (C=O) groups excluding carboxylic acids is 2. The number of Topliss-reactive ketones (excluding diaryl/α,β-unsaturated/α-hetero) is 1. The van der Waals surface area contributed by atoms with Crippen LogP contribution in [0.5, 0.6) is 0 Å². The van der Waals surface area contributed by atoms with Crippen LogP contribution in [0, 0.1) is 6.92 Å². The van der Waals surface area contributed by atoms with Crippen LogP contribution in [0.25, 0.3) is 11.3 Å². The molecule has 0 fully saturated rings. The largest absolute Gasteiger partial charge is 0.366 e. The Morgan fingerprint density at radius 1 is 1.14 bits per heavy atom. The smallest absolute Gasteiger partial charge is 0.291 e. The lowest BCUT2D eigenvalue weighted by atomic mass is 10.0. The third-order valence-electron chi connectivity index (χ3n) is 4.64. The summed E-state index contributed by atoms with van der Waals surface area (Å²) in [6.45, 7) is 5.38. The molecule has 0 unspecified atom stereocenters. The number of primary amides is 1. The second kappa shape index (κ2) is 8.10. The predicted octanol–water partition coefficient (Wildman–Crippen LogP) is 3.28. The lowest BCUT2D eigenvalue weighted by Gasteiger charge is -2.17. The molecule has 1 aromatic heterocycles. The number of nitrogens with zero attached hydrogens (tertiary/aromatic N) is 2. The number of nitrogens with two attached hydrogens (primary N) is 1. The molecule has 7 nitrogen and oxygen atoms in total. The van der Waals surface area contributed by atoms with Crippen LogP contribution < -0.4 is 16.6 Å².